The zero-order chi connectivity index (χ0) is 12.5. The molecule has 0 saturated carbocycles. The molecule has 0 bridgehead atoms. The first-order valence-electron chi connectivity index (χ1n) is 5.88. The number of para-hydroxylation sites is 1. The Morgan fingerprint density at radius 3 is 2.35 bits per heavy atom. The van der Waals surface area contributed by atoms with Gasteiger partial charge in [0, 0.05) is 19.6 Å². The van der Waals surface area contributed by atoms with Crippen molar-refractivity contribution in [3.05, 3.63) is 29.3 Å². The summed E-state index contributed by atoms with van der Waals surface area (Å²) in [7, 11) is 0. The van der Waals surface area contributed by atoms with E-state index in [1.807, 2.05) is 32.0 Å². The molecule has 0 aliphatic rings. The predicted octanol–water partition coefficient (Wildman–Crippen LogP) is 3.51. The molecule has 0 aliphatic heterocycles. The second-order valence-corrected chi connectivity index (χ2v) is 3.82. The number of hydrogen-bond donors (Lipinski definition) is 0. The first-order valence-corrected chi connectivity index (χ1v) is 6.26. The van der Waals surface area contributed by atoms with Gasteiger partial charge in [-0.05, 0) is 26.0 Å². The largest absolute Gasteiger partial charge is 0.492 e. The van der Waals surface area contributed by atoms with Gasteiger partial charge in [-0.15, -0.1) is 0 Å². The maximum Gasteiger partial charge on any atom is 0.160 e. The second-order valence-electron chi connectivity index (χ2n) is 3.41. The summed E-state index contributed by atoms with van der Waals surface area (Å²) in [6, 6.07) is 7.42. The van der Waals surface area contributed by atoms with Crippen molar-refractivity contribution in [2.75, 3.05) is 19.8 Å². The van der Waals surface area contributed by atoms with Crippen LogP contribution in [0.3, 0.4) is 0 Å². The van der Waals surface area contributed by atoms with E-state index in [1.165, 1.54) is 0 Å². The minimum Gasteiger partial charge on any atom is -0.492 e. The average Bonchev–Trinajstić information content (AvgIpc) is 2.32. The highest BCUT2D eigenvalue weighted by atomic mass is 35.5. The van der Waals surface area contributed by atoms with E-state index in [9.17, 15) is 0 Å². The molecule has 96 valence electrons. The molecular weight excluding hydrogens is 240 g/mol. The first kappa shape index (κ1) is 14.3. The van der Waals surface area contributed by atoms with Crippen molar-refractivity contribution >= 4 is 11.6 Å². The third-order valence-electron chi connectivity index (χ3n) is 2.15. The van der Waals surface area contributed by atoms with Crippen molar-refractivity contribution in [3.63, 3.8) is 0 Å². The molecule has 0 N–H and O–H groups in total. The summed E-state index contributed by atoms with van der Waals surface area (Å²) in [5.74, 6) is 0.695. The molecule has 1 rings (SSSR count). The SMILES string of the molecule is CCOC(CCOc1ccccc1Cl)OCC. The zero-order valence-electron chi connectivity index (χ0n) is 10.3. The van der Waals surface area contributed by atoms with Gasteiger partial charge in [0.1, 0.15) is 5.75 Å². The molecule has 0 spiro atoms. The molecule has 0 aliphatic carbocycles. The lowest BCUT2D eigenvalue weighted by Gasteiger charge is -2.17. The van der Waals surface area contributed by atoms with Crippen LogP contribution in [-0.2, 0) is 9.47 Å². The fourth-order valence-corrected chi connectivity index (χ4v) is 1.60. The van der Waals surface area contributed by atoms with Crippen LogP contribution < -0.4 is 4.74 Å². The molecule has 0 heterocycles. The van der Waals surface area contributed by atoms with Crippen LogP contribution >= 0.6 is 11.6 Å². The standard InChI is InChI=1S/C13H19ClO3/c1-3-15-13(16-4-2)9-10-17-12-8-6-5-7-11(12)14/h5-8,13H,3-4,9-10H2,1-2H3. The van der Waals surface area contributed by atoms with Gasteiger partial charge in [0.25, 0.3) is 0 Å². The van der Waals surface area contributed by atoms with Crippen LogP contribution in [0.25, 0.3) is 0 Å². The van der Waals surface area contributed by atoms with E-state index in [2.05, 4.69) is 0 Å². The third-order valence-corrected chi connectivity index (χ3v) is 2.47. The predicted molar refractivity (Wildman–Crippen MR) is 68.6 cm³/mol. The highest BCUT2D eigenvalue weighted by molar-refractivity contribution is 6.32. The van der Waals surface area contributed by atoms with E-state index in [0.29, 0.717) is 37.0 Å². The summed E-state index contributed by atoms with van der Waals surface area (Å²) in [6.45, 7) is 5.68. The lowest BCUT2D eigenvalue weighted by atomic mass is 10.3. The maximum absolute atomic E-state index is 5.97. The molecule has 0 radical (unpaired) electrons. The second kappa shape index (κ2) is 8.34. The Morgan fingerprint density at radius 2 is 1.76 bits per heavy atom. The van der Waals surface area contributed by atoms with Crippen LogP contribution in [0.4, 0.5) is 0 Å². The average molecular weight is 259 g/mol. The van der Waals surface area contributed by atoms with Crippen LogP contribution in [0.5, 0.6) is 5.75 Å². The van der Waals surface area contributed by atoms with Gasteiger partial charge in [0.15, 0.2) is 6.29 Å². The summed E-state index contributed by atoms with van der Waals surface area (Å²) in [5.41, 5.74) is 0. The summed E-state index contributed by atoms with van der Waals surface area (Å²) in [4.78, 5) is 0. The van der Waals surface area contributed by atoms with E-state index in [4.69, 9.17) is 25.8 Å². The van der Waals surface area contributed by atoms with E-state index >= 15 is 0 Å². The normalized spacial score (nSPS) is 10.8. The Bertz CT molecular complexity index is 311. The Hall–Kier alpha value is -0.770. The molecular formula is C13H19ClO3. The lowest BCUT2D eigenvalue weighted by Crippen LogP contribution is -2.20. The summed E-state index contributed by atoms with van der Waals surface area (Å²) < 4.78 is 16.4. The van der Waals surface area contributed by atoms with Crippen molar-refractivity contribution in [1.82, 2.24) is 0 Å². The molecule has 0 atom stereocenters. The molecule has 1 aromatic carbocycles. The number of halogens is 1. The van der Waals surface area contributed by atoms with E-state index < -0.39 is 0 Å². The Morgan fingerprint density at radius 1 is 1.12 bits per heavy atom. The third kappa shape index (κ3) is 5.39. The minimum atomic E-state index is -0.201. The fraction of sp³-hybridized carbons (Fsp3) is 0.538. The van der Waals surface area contributed by atoms with Crippen molar-refractivity contribution in [3.8, 4) is 5.75 Å². The van der Waals surface area contributed by atoms with Crippen molar-refractivity contribution in [1.29, 1.82) is 0 Å². The van der Waals surface area contributed by atoms with Gasteiger partial charge in [-0.25, -0.2) is 0 Å². The number of hydrogen-bond acceptors (Lipinski definition) is 3. The zero-order valence-corrected chi connectivity index (χ0v) is 11.1. The van der Waals surface area contributed by atoms with Gasteiger partial charge in [0.2, 0.25) is 0 Å². The molecule has 0 aromatic heterocycles. The number of rotatable bonds is 8. The Labute approximate surface area is 108 Å². The van der Waals surface area contributed by atoms with Gasteiger partial charge in [-0.3, -0.25) is 0 Å². The van der Waals surface area contributed by atoms with Gasteiger partial charge >= 0.3 is 0 Å². The fourth-order valence-electron chi connectivity index (χ4n) is 1.41. The Balaban J connectivity index is 2.33. The van der Waals surface area contributed by atoms with Crippen molar-refractivity contribution in [2.24, 2.45) is 0 Å². The van der Waals surface area contributed by atoms with Gasteiger partial charge in [-0.2, -0.15) is 0 Å². The quantitative estimate of drug-likeness (QED) is 0.668. The Kier molecular flexibility index (Phi) is 7.01. The topological polar surface area (TPSA) is 27.7 Å². The van der Waals surface area contributed by atoms with E-state index in [0.717, 1.165) is 0 Å². The molecule has 1 aromatic rings. The van der Waals surface area contributed by atoms with Crippen LogP contribution in [-0.4, -0.2) is 26.1 Å². The summed E-state index contributed by atoms with van der Waals surface area (Å²) in [5, 5.41) is 0.622. The highest BCUT2D eigenvalue weighted by Crippen LogP contribution is 2.23. The lowest BCUT2D eigenvalue weighted by molar-refractivity contribution is -0.142. The molecule has 0 unspecified atom stereocenters. The van der Waals surface area contributed by atoms with Crippen LogP contribution in [0.2, 0.25) is 5.02 Å². The van der Waals surface area contributed by atoms with Gasteiger partial charge in [-0.1, -0.05) is 23.7 Å². The first-order chi connectivity index (χ1) is 8.27. The van der Waals surface area contributed by atoms with Crippen LogP contribution in [0, 0.1) is 0 Å². The molecule has 0 saturated heterocycles. The van der Waals surface area contributed by atoms with Gasteiger partial charge in [0.05, 0.1) is 11.6 Å². The summed E-state index contributed by atoms with van der Waals surface area (Å²) >= 11 is 5.97. The van der Waals surface area contributed by atoms with Gasteiger partial charge < -0.3 is 14.2 Å². The molecule has 3 nitrogen and oxygen atoms in total. The summed E-state index contributed by atoms with van der Waals surface area (Å²) in [6.07, 6.45) is 0.486. The number of ether oxygens (including phenoxy) is 3. The van der Waals surface area contributed by atoms with Crippen molar-refractivity contribution < 1.29 is 14.2 Å². The maximum atomic E-state index is 5.97. The van der Waals surface area contributed by atoms with E-state index in [-0.39, 0.29) is 6.29 Å². The smallest absolute Gasteiger partial charge is 0.160 e. The monoisotopic (exact) mass is 258 g/mol. The van der Waals surface area contributed by atoms with Crippen LogP contribution in [0.1, 0.15) is 20.3 Å². The molecule has 17 heavy (non-hydrogen) atoms. The molecule has 0 amide bonds. The van der Waals surface area contributed by atoms with E-state index in [1.54, 1.807) is 6.07 Å². The number of benzene rings is 1. The van der Waals surface area contributed by atoms with Crippen molar-refractivity contribution in [2.45, 2.75) is 26.6 Å². The highest BCUT2D eigenvalue weighted by Gasteiger charge is 2.08. The van der Waals surface area contributed by atoms with Crippen LogP contribution in [0.15, 0.2) is 24.3 Å². The minimum absolute atomic E-state index is 0.201. The molecule has 4 heteroatoms. The molecule has 0 fully saturated rings.